The molecule has 0 aliphatic heterocycles. The first-order valence-electron chi connectivity index (χ1n) is 6.55. The van der Waals surface area contributed by atoms with Crippen LogP contribution in [0.4, 0.5) is 0 Å². The number of aliphatic hydroxyl groups is 4. The van der Waals surface area contributed by atoms with Crippen molar-refractivity contribution in [1.29, 1.82) is 0 Å². The quantitative estimate of drug-likeness (QED) is 0.566. The summed E-state index contributed by atoms with van der Waals surface area (Å²) in [6.07, 6.45) is 0. The second kappa shape index (κ2) is 6.69. The Hall–Kier alpha value is -1.92. The molecule has 2 rings (SSSR count). The number of phenols is 1. The van der Waals surface area contributed by atoms with Crippen LogP contribution in [0.2, 0.25) is 0 Å². The van der Waals surface area contributed by atoms with Gasteiger partial charge < -0.3 is 25.5 Å². The molecule has 0 amide bonds. The highest BCUT2D eigenvalue weighted by Crippen LogP contribution is 2.36. The summed E-state index contributed by atoms with van der Waals surface area (Å²) >= 11 is 0. The normalized spacial score (nSPS) is 10.9. The van der Waals surface area contributed by atoms with Crippen LogP contribution in [0.25, 0.3) is 11.1 Å². The molecule has 2 aromatic rings. The zero-order chi connectivity index (χ0) is 15.4. The molecule has 5 nitrogen and oxygen atoms in total. The molecule has 5 N–H and O–H groups in total. The van der Waals surface area contributed by atoms with Gasteiger partial charge in [0.15, 0.2) is 0 Å². The molecule has 5 heteroatoms. The van der Waals surface area contributed by atoms with E-state index in [1.54, 1.807) is 18.2 Å². The fraction of sp³-hybridized carbons (Fsp3) is 0.250. The average molecular weight is 290 g/mol. The predicted octanol–water partition coefficient (Wildman–Crippen LogP) is 1.03. The van der Waals surface area contributed by atoms with Crippen LogP contribution in [-0.4, -0.2) is 25.5 Å². The van der Waals surface area contributed by atoms with Crippen molar-refractivity contribution in [3.05, 3.63) is 52.6 Å². The maximum Gasteiger partial charge on any atom is 0.116 e. The van der Waals surface area contributed by atoms with E-state index in [4.69, 9.17) is 0 Å². The summed E-state index contributed by atoms with van der Waals surface area (Å²) in [6.45, 7) is -1.14. The Morgan fingerprint density at radius 2 is 1.00 bits per heavy atom. The highest BCUT2D eigenvalue weighted by molar-refractivity contribution is 5.77. The van der Waals surface area contributed by atoms with Crippen molar-refractivity contribution >= 4 is 0 Å². The lowest BCUT2D eigenvalue weighted by atomic mass is 9.88. The van der Waals surface area contributed by atoms with Crippen LogP contribution in [0.3, 0.4) is 0 Å². The monoisotopic (exact) mass is 290 g/mol. The van der Waals surface area contributed by atoms with Crippen LogP contribution >= 0.6 is 0 Å². The van der Waals surface area contributed by atoms with E-state index in [1.165, 1.54) is 12.1 Å². The third-order valence-corrected chi connectivity index (χ3v) is 3.45. The molecule has 0 spiro atoms. The van der Waals surface area contributed by atoms with Gasteiger partial charge in [0.05, 0.1) is 26.4 Å². The Bertz CT molecular complexity index is 589. The molecule has 0 atom stereocenters. The van der Waals surface area contributed by atoms with Crippen LogP contribution in [-0.2, 0) is 26.4 Å². The lowest BCUT2D eigenvalue weighted by Gasteiger charge is -2.19. The van der Waals surface area contributed by atoms with E-state index in [2.05, 4.69) is 0 Å². The first-order chi connectivity index (χ1) is 10.2. The zero-order valence-corrected chi connectivity index (χ0v) is 11.5. The van der Waals surface area contributed by atoms with Crippen molar-refractivity contribution in [2.75, 3.05) is 0 Å². The molecule has 21 heavy (non-hydrogen) atoms. The number of phenolic OH excluding ortho intramolecular Hbond substituents is 1. The summed E-state index contributed by atoms with van der Waals surface area (Å²) in [5.74, 6) is -0.0566. The van der Waals surface area contributed by atoms with E-state index in [0.717, 1.165) is 0 Å². The molecule has 0 saturated carbocycles. The lowest BCUT2D eigenvalue weighted by Crippen LogP contribution is -2.03. The highest BCUT2D eigenvalue weighted by atomic mass is 16.3. The van der Waals surface area contributed by atoms with Gasteiger partial charge in [-0.1, -0.05) is 18.2 Å². The zero-order valence-electron chi connectivity index (χ0n) is 11.5. The average Bonchev–Trinajstić information content (AvgIpc) is 2.53. The van der Waals surface area contributed by atoms with Crippen molar-refractivity contribution < 1.29 is 25.5 Å². The minimum atomic E-state index is -0.332. The van der Waals surface area contributed by atoms with Crippen molar-refractivity contribution in [2.45, 2.75) is 26.4 Å². The topological polar surface area (TPSA) is 101 Å². The van der Waals surface area contributed by atoms with Crippen LogP contribution in [0.5, 0.6) is 5.75 Å². The van der Waals surface area contributed by atoms with Gasteiger partial charge >= 0.3 is 0 Å². The first kappa shape index (κ1) is 15.5. The summed E-state index contributed by atoms with van der Waals surface area (Å²) < 4.78 is 0. The number of rotatable bonds is 5. The largest absolute Gasteiger partial charge is 0.508 e. The van der Waals surface area contributed by atoms with E-state index >= 15 is 0 Å². The highest BCUT2D eigenvalue weighted by Gasteiger charge is 2.18. The fourth-order valence-electron chi connectivity index (χ4n) is 2.56. The minimum absolute atomic E-state index is 0.0566. The summed E-state index contributed by atoms with van der Waals surface area (Å²) in [5, 5.41) is 47.8. The van der Waals surface area contributed by atoms with Crippen LogP contribution in [0, 0.1) is 0 Å². The SMILES string of the molecule is OCc1cccc(CO)c1-c1c(CO)cc(O)cc1CO. The van der Waals surface area contributed by atoms with Crippen LogP contribution < -0.4 is 0 Å². The third-order valence-electron chi connectivity index (χ3n) is 3.45. The van der Waals surface area contributed by atoms with E-state index in [-0.39, 0.29) is 32.2 Å². The van der Waals surface area contributed by atoms with Crippen molar-refractivity contribution in [3.63, 3.8) is 0 Å². The molecule has 0 fully saturated rings. The first-order valence-corrected chi connectivity index (χ1v) is 6.55. The van der Waals surface area contributed by atoms with E-state index in [1.807, 2.05) is 0 Å². The molecular weight excluding hydrogens is 272 g/mol. The van der Waals surface area contributed by atoms with E-state index in [0.29, 0.717) is 33.4 Å². The summed E-state index contributed by atoms with van der Waals surface area (Å²) in [5.41, 5.74) is 3.12. The standard InChI is InChI=1S/C16H18O5/c17-6-10-2-1-3-11(7-18)15(10)16-12(8-19)4-14(21)5-13(16)9-20/h1-5,17-21H,6-9H2. The number of aliphatic hydroxyl groups excluding tert-OH is 4. The van der Waals surface area contributed by atoms with Gasteiger partial charge in [-0.2, -0.15) is 0 Å². The number of hydrogen-bond donors (Lipinski definition) is 5. The number of aromatic hydroxyl groups is 1. The Balaban J connectivity index is 2.83. The van der Waals surface area contributed by atoms with Gasteiger partial charge in [-0.15, -0.1) is 0 Å². The van der Waals surface area contributed by atoms with Gasteiger partial charge in [0.25, 0.3) is 0 Å². The van der Waals surface area contributed by atoms with E-state index in [9.17, 15) is 25.5 Å². The van der Waals surface area contributed by atoms with Crippen molar-refractivity contribution in [1.82, 2.24) is 0 Å². The predicted molar refractivity (Wildman–Crippen MR) is 77.2 cm³/mol. The van der Waals surface area contributed by atoms with Gasteiger partial charge in [-0.25, -0.2) is 0 Å². The molecule has 0 radical (unpaired) electrons. The Kier molecular flexibility index (Phi) is 4.93. The van der Waals surface area contributed by atoms with Crippen molar-refractivity contribution in [3.8, 4) is 16.9 Å². The molecule has 0 aliphatic rings. The molecule has 0 aromatic heterocycles. The van der Waals surface area contributed by atoms with Gasteiger partial charge in [-0.3, -0.25) is 0 Å². The van der Waals surface area contributed by atoms with Gasteiger partial charge in [0.1, 0.15) is 5.75 Å². The molecule has 2 aromatic carbocycles. The van der Waals surface area contributed by atoms with E-state index < -0.39 is 0 Å². The van der Waals surface area contributed by atoms with Crippen LogP contribution in [0.15, 0.2) is 30.3 Å². The molecular formula is C16H18O5. The van der Waals surface area contributed by atoms with Gasteiger partial charge in [0, 0.05) is 0 Å². The molecule has 0 unspecified atom stereocenters. The van der Waals surface area contributed by atoms with Crippen LogP contribution in [0.1, 0.15) is 22.3 Å². The second-order valence-corrected chi connectivity index (χ2v) is 4.72. The lowest BCUT2D eigenvalue weighted by molar-refractivity contribution is 0.271. The maximum absolute atomic E-state index is 9.66. The molecule has 0 bridgehead atoms. The second-order valence-electron chi connectivity index (χ2n) is 4.72. The summed E-state index contributed by atoms with van der Waals surface area (Å²) in [7, 11) is 0. The number of benzene rings is 2. The fourth-order valence-corrected chi connectivity index (χ4v) is 2.56. The third kappa shape index (κ3) is 2.91. The number of hydrogen-bond acceptors (Lipinski definition) is 5. The Morgan fingerprint density at radius 1 is 0.619 bits per heavy atom. The molecule has 0 heterocycles. The smallest absolute Gasteiger partial charge is 0.116 e. The summed E-state index contributed by atoms with van der Waals surface area (Å²) in [6, 6.07) is 7.96. The Morgan fingerprint density at radius 3 is 1.38 bits per heavy atom. The minimum Gasteiger partial charge on any atom is -0.508 e. The van der Waals surface area contributed by atoms with Gasteiger partial charge in [-0.05, 0) is 45.5 Å². The molecule has 0 saturated heterocycles. The maximum atomic E-state index is 9.66. The molecule has 112 valence electrons. The van der Waals surface area contributed by atoms with Gasteiger partial charge in [0.2, 0.25) is 0 Å². The Labute approximate surface area is 122 Å². The molecule has 0 aliphatic carbocycles. The van der Waals surface area contributed by atoms with Crippen molar-refractivity contribution in [2.24, 2.45) is 0 Å². The summed E-state index contributed by atoms with van der Waals surface area (Å²) in [4.78, 5) is 0.